The maximum atomic E-state index is 12.7. The smallest absolute Gasteiger partial charge is 0.417 e. The van der Waals surface area contributed by atoms with Crippen molar-refractivity contribution in [2.24, 2.45) is 5.92 Å². The molecule has 0 bridgehead atoms. The third-order valence-electron chi connectivity index (χ3n) is 2.73. The van der Waals surface area contributed by atoms with Gasteiger partial charge < -0.3 is 4.74 Å². The Morgan fingerprint density at radius 3 is 2.53 bits per heavy atom. The first-order valence-corrected chi connectivity index (χ1v) is 6.19. The fraction of sp³-hybridized carbons (Fsp3) is 0.500. The molecule has 0 N–H and O–H groups in total. The second kappa shape index (κ2) is 6.59. The standard InChI is InChI=1S/C14H17F3O2/c1-3-6-10(2)9-19-13(18)11-7-4-5-8-12(11)14(15,16)17/h4-5,7-8,10H,3,6,9H2,1-2H3. The molecule has 1 aromatic carbocycles. The van der Waals surface area contributed by atoms with E-state index in [0.29, 0.717) is 0 Å². The van der Waals surface area contributed by atoms with E-state index in [9.17, 15) is 18.0 Å². The van der Waals surface area contributed by atoms with E-state index in [-0.39, 0.29) is 12.5 Å². The molecule has 0 saturated heterocycles. The van der Waals surface area contributed by atoms with Crippen molar-refractivity contribution in [2.45, 2.75) is 32.9 Å². The van der Waals surface area contributed by atoms with E-state index < -0.39 is 23.3 Å². The molecule has 0 spiro atoms. The minimum Gasteiger partial charge on any atom is -0.462 e. The second-order valence-corrected chi connectivity index (χ2v) is 4.54. The summed E-state index contributed by atoms with van der Waals surface area (Å²) in [6.07, 6.45) is -2.74. The van der Waals surface area contributed by atoms with E-state index in [2.05, 4.69) is 0 Å². The van der Waals surface area contributed by atoms with Gasteiger partial charge in [-0.25, -0.2) is 4.79 Å². The third kappa shape index (κ3) is 4.58. The fourth-order valence-electron chi connectivity index (χ4n) is 1.78. The fourth-order valence-corrected chi connectivity index (χ4v) is 1.78. The summed E-state index contributed by atoms with van der Waals surface area (Å²) < 4.78 is 43.1. The van der Waals surface area contributed by atoms with Gasteiger partial charge >= 0.3 is 12.1 Å². The van der Waals surface area contributed by atoms with Crippen LogP contribution in [0.25, 0.3) is 0 Å². The summed E-state index contributed by atoms with van der Waals surface area (Å²) in [6, 6.07) is 4.66. The summed E-state index contributed by atoms with van der Waals surface area (Å²) in [6.45, 7) is 4.03. The number of benzene rings is 1. The first kappa shape index (κ1) is 15.5. The molecule has 0 aliphatic carbocycles. The number of carbonyl (C=O) groups excluding carboxylic acids is 1. The number of esters is 1. The molecule has 19 heavy (non-hydrogen) atoms. The van der Waals surface area contributed by atoms with Crippen molar-refractivity contribution in [3.63, 3.8) is 0 Å². The van der Waals surface area contributed by atoms with Gasteiger partial charge in [0.1, 0.15) is 0 Å². The van der Waals surface area contributed by atoms with Gasteiger partial charge in [0.15, 0.2) is 0 Å². The van der Waals surface area contributed by atoms with Crippen LogP contribution in [-0.2, 0) is 10.9 Å². The Morgan fingerprint density at radius 2 is 1.95 bits per heavy atom. The number of carbonyl (C=O) groups is 1. The van der Waals surface area contributed by atoms with Crippen molar-refractivity contribution in [3.05, 3.63) is 35.4 Å². The second-order valence-electron chi connectivity index (χ2n) is 4.54. The molecule has 0 fully saturated rings. The van der Waals surface area contributed by atoms with Gasteiger partial charge in [-0.2, -0.15) is 13.2 Å². The van der Waals surface area contributed by atoms with E-state index in [0.717, 1.165) is 25.0 Å². The highest BCUT2D eigenvalue weighted by molar-refractivity contribution is 5.91. The van der Waals surface area contributed by atoms with Gasteiger partial charge in [0, 0.05) is 0 Å². The molecule has 0 aromatic heterocycles. The Labute approximate surface area is 110 Å². The van der Waals surface area contributed by atoms with Crippen LogP contribution in [0.4, 0.5) is 13.2 Å². The van der Waals surface area contributed by atoms with Crippen molar-refractivity contribution >= 4 is 5.97 Å². The first-order valence-electron chi connectivity index (χ1n) is 6.19. The largest absolute Gasteiger partial charge is 0.462 e. The predicted octanol–water partition coefficient (Wildman–Crippen LogP) is 4.30. The molecule has 1 unspecified atom stereocenters. The molecule has 0 amide bonds. The molecule has 1 atom stereocenters. The Balaban J connectivity index is 2.78. The van der Waals surface area contributed by atoms with Crippen molar-refractivity contribution in [1.29, 1.82) is 0 Å². The highest BCUT2D eigenvalue weighted by Crippen LogP contribution is 2.32. The number of rotatable bonds is 5. The van der Waals surface area contributed by atoms with Crippen LogP contribution < -0.4 is 0 Å². The Hall–Kier alpha value is -1.52. The van der Waals surface area contributed by atoms with Crippen LogP contribution in [-0.4, -0.2) is 12.6 Å². The average molecular weight is 274 g/mol. The molecule has 0 heterocycles. The molecule has 5 heteroatoms. The monoisotopic (exact) mass is 274 g/mol. The summed E-state index contributed by atoms with van der Waals surface area (Å²) in [5, 5.41) is 0. The van der Waals surface area contributed by atoms with Crippen LogP contribution in [0, 0.1) is 5.92 Å². The first-order chi connectivity index (χ1) is 8.86. The zero-order valence-corrected chi connectivity index (χ0v) is 11.0. The minimum atomic E-state index is -4.55. The van der Waals surface area contributed by atoms with Crippen LogP contribution in [0.3, 0.4) is 0 Å². The molecular formula is C14H17F3O2. The molecular weight excluding hydrogens is 257 g/mol. The molecule has 0 saturated carbocycles. The van der Waals surface area contributed by atoms with Crippen LogP contribution >= 0.6 is 0 Å². The van der Waals surface area contributed by atoms with Gasteiger partial charge in [-0.05, 0) is 24.5 Å². The summed E-state index contributed by atoms with van der Waals surface area (Å²) in [5.41, 5.74) is -1.39. The number of alkyl halides is 3. The number of hydrogen-bond donors (Lipinski definition) is 0. The number of ether oxygens (including phenoxy) is 1. The van der Waals surface area contributed by atoms with Crippen molar-refractivity contribution in [3.8, 4) is 0 Å². The Morgan fingerprint density at radius 1 is 1.32 bits per heavy atom. The summed E-state index contributed by atoms with van der Waals surface area (Å²) in [7, 11) is 0. The lowest BCUT2D eigenvalue weighted by molar-refractivity contribution is -0.138. The summed E-state index contributed by atoms with van der Waals surface area (Å²) in [4.78, 5) is 11.7. The molecule has 1 aromatic rings. The van der Waals surface area contributed by atoms with Gasteiger partial charge in [0.2, 0.25) is 0 Å². The van der Waals surface area contributed by atoms with E-state index in [1.54, 1.807) is 0 Å². The zero-order chi connectivity index (χ0) is 14.5. The quantitative estimate of drug-likeness (QED) is 0.748. The molecule has 1 rings (SSSR count). The lowest BCUT2D eigenvalue weighted by Crippen LogP contribution is -2.17. The van der Waals surface area contributed by atoms with Gasteiger partial charge in [-0.1, -0.05) is 32.4 Å². The van der Waals surface area contributed by atoms with Gasteiger partial charge in [-0.3, -0.25) is 0 Å². The van der Waals surface area contributed by atoms with E-state index in [1.165, 1.54) is 12.1 Å². The summed E-state index contributed by atoms with van der Waals surface area (Å²) in [5.74, 6) is -0.775. The maximum Gasteiger partial charge on any atom is 0.417 e. The molecule has 0 aliphatic rings. The van der Waals surface area contributed by atoms with Gasteiger partial charge in [-0.15, -0.1) is 0 Å². The number of hydrogen-bond acceptors (Lipinski definition) is 2. The molecule has 0 aliphatic heterocycles. The topological polar surface area (TPSA) is 26.3 Å². The average Bonchev–Trinajstić information content (AvgIpc) is 2.35. The molecule has 106 valence electrons. The van der Waals surface area contributed by atoms with Crippen LogP contribution in [0.2, 0.25) is 0 Å². The van der Waals surface area contributed by atoms with Crippen molar-refractivity contribution in [2.75, 3.05) is 6.61 Å². The van der Waals surface area contributed by atoms with Crippen LogP contribution in [0.5, 0.6) is 0 Å². The predicted molar refractivity (Wildman–Crippen MR) is 65.8 cm³/mol. The minimum absolute atomic E-state index is 0.138. The maximum absolute atomic E-state index is 12.7. The SMILES string of the molecule is CCCC(C)COC(=O)c1ccccc1C(F)(F)F. The van der Waals surface area contributed by atoms with Gasteiger partial charge in [0.25, 0.3) is 0 Å². The Bertz CT molecular complexity index is 427. The Kier molecular flexibility index (Phi) is 5.39. The number of halogens is 3. The van der Waals surface area contributed by atoms with E-state index >= 15 is 0 Å². The normalized spacial score (nSPS) is 13.1. The zero-order valence-electron chi connectivity index (χ0n) is 11.0. The van der Waals surface area contributed by atoms with Crippen LogP contribution in [0.15, 0.2) is 24.3 Å². The molecule has 0 radical (unpaired) electrons. The van der Waals surface area contributed by atoms with E-state index in [4.69, 9.17) is 4.74 Å². The van der Waals surface area contributed by atoms with Crippen LogP contribution in [0.1, 0.15) is 42.6 Å². The van der Waals surface area contributed by atoms with Crippen molar-refractivity contribution < 1.29 is 22.7 Å². The highest BCUT2D eigenvalue weighted by Gasteiger charge is 2.35. The molecule has 2 nitrogen and oxygen atoms in total. The summed E-state index contributed by atoms with van der Waals surface area (Å²) >= 11 is 0. The third-order valence-corrected chi connectivity index (χ3v) is 2.73. The lowest BCUT2D eigenvalue weighted by Gasteiger charge is -2.14. The van der Waals surface area contributed by atoms with Gasteiger partial charge in [0.05, 0.1) is 17.7 Å². The van der Waals surface area contributed by atoms with E-state index in [1.807, 2.05) is 13.8 Å². The van der Waals surface area contributed by atoms with Crippen molar-refractivity contribution in [1.82, 2.24) is 0 Å². The highest BCUT2D eigenvalue weighted by atomic mass is 19.4. The lowest BCUT2D eigenvalue weighted by atomic mass is 10.1.